The Bertz CT molecular complexity index is 278. The zero-order chi connectivity index (χ0) is 8.43. The van der Waals surface area contributed by atoms with Crippen molar-refractivity contribution in [3.05, 3.63) is 11.8 Å². The quantitative estimate of drug-likeness (QED) is 0.641. The van der Waals surface area contributed by atoms with Crippen molar-refractivity contribution in [1.29, 1.82) is 0 Å². The number of carbonyl (C=O) groups is 1. The predicted molar refractivity (Wildman–Crippen MR) is 39.6 cm³/mol. The Morgan fingerprint density at radius 3 is 2.73 bits per heavy atom. The van der Waals surface area contributed by atoms with Crippen molar-refractivity contribution in [3.63, 3.8) is 0 Å². The van der Waals surface area contributed by atoms with Crippen LogP contribution in [0.15, 0.2) is 6.07 Å². The van der Waals surface area contributed by atoms with Crippen LogP contribution in [0.2, 0.25) is 0 Å². The van der Waals surface area contributed by atoms with Gasteiger partial charge < -0.3 is 5.11 Å². The molecule has 1 heterocycles. The van der Waals surface area contributed by atoms with Gasteiger partial charge in [-0.1, -0.05) is 0 Å². The van der Waals surface area contributed by atoms with E-state index in [1.165, 1.54) is 17.7 Å². The molecule has 1 aromatic rings. The Morgan fingerprint density at radius 1 is 1.82 bits per heavy atom. The molecule has 0 spiro atoms. The average Bonchev–Trinajstić information content (AvgIpc) is 2.31. The van der Waals surface area contributed by atoms with E-state index in [1.807, 2.05) is 6.92 Å². The molecule has 0 aromatic carbocycles. The van der Waals surface area contributed by atoms with E-state index < -0.39 is 0 Å². The highest BCUT2D eigenvalue weighted by atomic mass is 16.3. The lowest BCUT2D eigenvalue weighted by molar-refractivity contribution is 0.101. The van der Waals surface area contributed by atoms with Gasteiger partial charge in [-0.25, -0.2) is 4.68 Å². The minimum atomic E-state index is -0.132. The minimum Gasteiger partial charge on any atom is -0.493 e. The van der Waals surface area contributed by atoms with Crippen molar-refractivity contribution in [2.75, 3.05) is 0 Å². The second-order valence-corrected chi connectivity index (χ2v) is 2.26. The summed E-state index contributed by atoms with van der Waals surface area (Å²) in [7, 11) is 0. The maximum absolute atomic E-state index is 10.7. The fraction of sp³-hybridized carbons (Fsp3) is 0.429. The number of hydrogen-bond acceptors (Lipinski definition) is 3. The molecule has 4 nitrogen and oxygen atoms in total. The van der Waals surface area contributed by atoms with Gasteiger partial charge >= 0.3 is 0 Å². The van der Waals surface area contributed by atoms with Gasteiger partial charge in [-0.15, -0.1) is 0 Å². The molecule has 11 heavy (non-hydrogen) atoms. The van der Waals surface area contributed by atoms with Gasteiger partial charge in [0, 0.05) is 19.5 Å². The fourth-order valence-electron chi connectivity index (χ4n) is 0.812. The number of nitrogens with zero attached hydrogens (tertiary/aromatic N) is 2. The molecular weight excluding hydrogens is 144 g/mol. The molecule has 0 saturated heterocycles. The Hall–Kier alpha value is -1.32. The van der Waals surface area contributed by atoms with E-state index in [0.717, 1.165) is 0 Å². The molecule has 1 N–H and O–H groups in total. The van der Waals surface area contributed by atoms with Crippen LogP contribution in [-0.4, -0.2) is 20.7 Å². The predicted octanol–water partition coefficient (Wildman–Crippen LogP) is 0.811. The van der Waals surface area contributed by atoms with Crippen LogP contribution < -0.4 is 0 Å². The number of ketones is 1. The zero-order valence-corrected chi connectivity index (χ0v) is 6.53. The lowest BCUT2D eigenvalue weighted by Gasteiger charge is -1.93. The summed E-state index contributed by atoms with van der Waals surface area (Å²) in [4.78, 5) is 10.7. The lowest BCUT2D eigenvalue weighted by atomic mass is 10.3. The highest BCUT2D eigenvalue weighted by Crippen LogP contribution is 2.10. The molecule has 0 aliphatic heterocycles. The van der Waals surface area contributed by atoms with E-state index in [1.54, 1.807) is 0 Å². The number of hydrogen-bond donors (Lipinski definition) is 1. The topological polar surface area (TPSA) is 55.1 Å². The monoisotopic (exact) mass is 154 g/mol. The first-order valence-corrected chi connectivity index (χ1v) is 3.43. The van der Waals surface area contributed by atoms with E-state index in [0.29, 0.717) is 12.2 Å². The molecule has 0 radical (unpaired) electrons. The van der Waals surface area contributed by atoms with Crippen LogP contribution in [-0.2, 0) is 6.54 Å². The second-order valence-electron chi connectivity index (χ2n) is 2.26. The van der Waals surface area contributed by atoms with Crippen molar-refractivity contribution >= 4 is 5.78 Å². The van der Waals surface area contributed by atoms with Gasteiger partial charge in [0.25, 0.3) is 0 Å². The van der Waals surface area contributed by atoms with Gasteiger partial charge in [0.1, 0.15) is 5.69 Å². The average molecular weight is 154 g/mol. The summed E-state index contributed by atoms with van der Waals surface area (Å²) in [5.74, 6) is -0.0924. The van der Waals surface area contributed by atoms with Crippen LogP contribution in [0.25, 0.3) is 0 Å². The van der Waals surface area contributed by atoms with Gasteiger partial charge in [-0.2, -0.15) is 5.10 Å². The molecule has 1 aromatic heterocycles. The number of aromatic nitrogens is 2. The van der Waals surface area contributed by atoms with Gasteiger partial charge in [0.2, 0.25) is 5.88 Å². The Kier molecular flexibility index (Phi) is 1.94. The Labute approximate surface area is 64.5 Å². The molecule has 0 saturated carbocycles. The molecule has 0 aliphatic carbocycles. The maximum Gasteiger partial charge on any atom is 0.209 e. The third-order valence-corrected chi connectivity index (χ3v) is 1.42. The molecule has 0 amide bonds. The van der Waals surface area contributed by atoms with Crippen LogP contribution >= 0.6 is 0 Å². The molecule has 0 unspecified atom stereocenters. The van der Waals surface area contributed by atoms with Gasteiger partial charge in [0.05, 0.1) is 0 Å². The van der Waals surface area contributed by atoms with Crippen LogP contribution in [0.5, 0.6) is 5.88 Å². The number of aromatic hydroxyl groups is 1. The number of rotatable bonds is 2. The van der Waals surface area contributed by atoms with Crippen LogP contribution in [0.1, 0.15) is 24.3 Å². The van der Waals surface area contributed by atoms with Crippen LogP contribution in [0.4, 0.5) is 0 Å². The van der Waals surface area contributed by atoms with E-state index in [-0.39, 0.29) is 11.7 Å². The third kappa shape index (κ3) is 1.39. The molecule has 60 valence electrons. The largest absolute Gasteiger partial charge is 0.493 e. The summed E-state index contributed by atoms with van der Waals surface area (Å²) >= 11 is 0. The van der Waals surface area contributed by atoms with E-state index in [2.05, 4.69) is 5.10 Å². The summed E-state index contributed by atoms with van der Waals surface area (Å²) in [6.45, 7) is 3.83. The molecule has 0 atom stereocenters. The van der Waals surface area contributed by atoms with Crippen molar-refractivity contribution < 1.29 is 9.90 Å². The number of Topliss-reactive ketones (excluding diaryl/α,β-unsaturated/α-hetero) is 1. The highest BCUT2D eigenvalue weighted by molar-refractivity contribution is 5.92. The van der Waals surface area contributed by atoms with Gasteiger partial charge in [-0.05, 0) is 6.92 Å². The lowest BCUT2D eigenvalue weighted by Crippen LogP contribution is -1.99. The third-order valence-electron chi connectivity index (χ3n) is 1.42. The summed E-state index contributed by atoms with van der Waals surface area (Å²) in [6.07, 6.45) is 0. The normalized spacial score (nSPS) is 10.0. The standard InChI is InChI=1S/C7H10N2O2/c1-3-9-7(11)4-6(8-9)5(2)10/h4,11H,3H2,1-2H3. The molecule has 0 bridgehead atoms. The summed E-state index contributed by atoms with van der Waals surface area (Å²) in [5, 5.41) is 13.0. The Balaban J connectivity index is 3.05. The van der Waals surface area contributed by atoms with Crippen LogP contribution in [0, 0.1) is 0 Å². The van der Waals surface area contributed by atoms with E-state index >= 15 is 0 Å². The number of aryl methyl sites for hydroxylation is 1. The van der Waals surface area contributed by atoms with Crippen molar-refractivity contribution in [1.82, 2.24) is 9.78 Å². The van der Waals surface area contributed by atoms with Crippen LogP contribution in [0.3, 0.4) is 0 Å². The van der Waals surface area contributed by atoms with Crippen molar-refractivity contribution in [2.45, 2.75) is 20.4 Å². The van der Waals surface area contributed by atoms with Crippen molar-refractivity contribution in [2.24, 2.45) is 0 Å². The molecule has 0 aliphatic rings. The van der Waals surface area contributed by atoms with E-state index in [9.17, 15) is 4.79 Å². The molecule has 0 fully saturated rings. The summed E-state index contributed by atoms with van der Waals surface area (Å²) < 4.78 is 1.37. The Morgan fingerprint density at radius 2 is 2.45 bits per heavy atom. The fourth-order valence-corrected chi connectivity index (χ4v) is 0.812. The molecule has 4 heteroatoms. The summed E-state index contributed by atoms with van der Waals surface area (Å²) in [6, 6.07) is 1.37. The molecule has 1 rings (SSSR count). The maximum atomic E-state index is 10.7. The minimum absolute atomic E-state index is 0.0395. The smallest absolute Gasteiger partial charge is 0.209 e. The van der Waals surface area contributed by atoms with Crippen molar-refractivity contribution in [3.8, 4) is 5.88 Å². The first kappa shape index (κ1) is 7.78. The zero-order valence-electron chi connectivity index (χ0n) is 6.53. The van der Waals surface area contributed by atoms with Gasteiger partial charge in [-0.3, -0.25) is 4.79 Å². The first-order valence-electron chi connectivity index (χ1n) is 3.43. The second kappa shape index (κ2) is 2.74. The molecular formula is C7H10N2O2. The summed E-state index contributed by atoms with van der Waals surface area (Å²) in [5.41, 5.74) is 0.310. The highest BCUT2D eigenvalue weighted by Gasteiger charge is 2.07. The number of carbonyl (C=O) groups excluding carboxylic acids is 1. The van der Waals surface area contributed by atoms with E-state index in [4.69, 9.17) is 5.11 Å². The SMILES string of the molecule is CCn1nc(C(C)=O)cc1O. The first-order chi connectivity index (χ1) is 5.15. The van der Waals surface area contributed by atoms with Gasteiger partial charge in [0.15, 0.2) is 5.78 Å².